The van der Waals surface area contributed by atoms with Crippen molar-refractivity contribution in [1.29, 1.82) is 0 Å². The highest BCUT2D eigenvalue weighted by atomic mass is 16.7. The Labute approximate surface area is 90.8 Å². The summed E-state index contributed by atoms with van der Waals surface area (Å²) in [5, 5.41) is 0. The topological polar surface area (TPSA) is 38.8 Å². The van der Waals surface area contributed by atoms with Crippen molar-refractivity contribution in [2.24, 2.45) is 0 Å². The lowest BCUT2D eigenvalue weighted by Crippen LogP contribution is -2.36. The Morgan fingerprint density at radius 1 is 1.60 bits per heavy atom. The molecule has 1 saturated heterocycles. The SMILES string of the molecule is C=C(C)C(=O)N(C)CC1COC(C)(C)O1. The van der Waals surface area contributed by atoms with Crippen molar-refractivity contribution in [3.63, 3.8) is 0 Å². The fourth-order valence-electron chi connectivity index (χ4n) is 1.57. The molecule has 1 atom stereocenters. The second-order valence-corrected chi connectivity index (χ2v) is 4.42. The Kier molecular flexibility index (Phi) is 3.52. The first-order chi connectivity index (χ1) is 6.82. The molecule has 0 aromatic rings. The summed E-state index contributed by atoms with van der Waals surface area (Å²) in [5.74, 6) is -0.582. The van der Waals surface area contributed by atoms with Gasteiger partial charge in [-0.05, 0) is 20.8 Å². The van der Waals surface area contributed by atoms with E-state index in [0.29, 0.717) is 18.7 Å². The summed E-state index contributed by atoms with van der Waals surface area (Å²) in [6, 6.07) is 0. The normalized spacial score (nSPS) is 23.9. The third-order valence-corrected chi connectivity index (χ3v) is 2.26. The van der Waals surface area contributed by atoms with Gasteiger partial charge in [-0.15, -0.1) is 0 Å². The minimum atomic E-state index is -0.530. The van der Waals surface area contributed by atoms with E-state index >= 15 is 0 Å². The maximum absolute atomic E-state index is 11.5. The van der Waals surface area contributed by atoms with Crippen LogP contribution in [0.2, 0.25) is 0 Å². The Bertz CT molecular complexity index is 273. The number of carbonyl (C=O) groups is 1. The van der Waals surface area contributed by atoms with E-state index in [0.717, 1.165) is 0 Å². The third kappa shape index (κ3) is 3.32. The van der Waals surface area contributed by atoms with Crippen LogP contribution in [-0.2, 0) is 14.3 Å². The van der Waals surface area contributed by atoms with Gasteiger partial charge in [0.1, 0.15) is 6.10 Å². The molecule has 4 nitrogen and oxygen atoms in total. The first-order valence-corrected chi connectivity index (χ1v) is 5.04. The number of likely N-dealkylation sites (N-methyl/N-ethyl adjacent to an activating group) is 1. The monoisotopic (exact) mass is 213 g/mol. The lowest BCUT2D eigenvalue weighted by atomic mass is 10.3. The molecular formula is C11H19NO3. The molecule has 1 fully saturated rings. The van der Waals surface area contributed by atoms with E-state index in [9.17, 15) is 4.79 Å². The zero-order valence-electron chi connectivity index (χ0n) is 9.87. The van der Waals surface area contributed by atoms with Gasteiger partial charge in [0.25, 0.3) is 0 Å². The Balaban J connectivity index is 2.43. The quantitative estimate of drug-likeness (QED) is 0.661. The Morgan fingerprint density at radius 3 is 2.60 bits per heavy atom. The van der Waals surface area contributed by atoms with Crippen LogP contribution >= 0.6 is 0 Å². The van der Waals surface area contributed by atoms with Crippen molar-refractivity contribution in [1.82, 2.24) is 4.90 Å². The smallest absolute Gasteiger partial charge is 0.248 e. The number of amides is 1. The summed E-state index contributed by atoms with van der Waals surface area (Å²) >= 11 is 0. The lowest BCUT2D eigenvalue weighted by Gasteiger charge is -2.22. The molecule has 0 aromatic carbocycles. The van der Waals surface area contributed by atoms with Crippen LogP contribution in [0.4, 0.5) is 0 Å². The first-order valence-electron chi connectivity index (χ1n) is 5.04. The average molecular weight is 213 g/mol. The summed E-state index contributed by atoms with van der Waals surface area (Å²) in [4.78, 5) is 13.1. The number of rotatable bonds is 3. The van der Waals surface area contributed by atoms with Crippen molar-refractivity contribution >= 4 is 5.91 Å². The van der Waals surface area contributed by atoms with E-state index in [2.05, 4.69) is 6.58 Å². The van der Waals surface area contributed by atoms with Crippen LogP contribution in [0.3, 0.4) is 0 Å². The fraction of sp³-hybridized carbons (Fsp3) is 0.727. The molecule has 1 heterocycles. The minimum absolute atomic E-state index is 0.0479. The second kappa shape index (κ2) is 4.33. The van der Waals surface area contributed by atoms with Gasteiger partial charge >= 0.3 is 0 Å². The van der Waals surface area contributed by atoms with Crippen LogP contribution < -0.4 is 0 Å². The molecule has 0 aromatic heterocycles. The Hall–Kier alpha value is -0.870. The maximum atomic E-state index is 11.5. The molecule has 0 aliphatic carbocycles. The number of ether oxygens (including phenoxy) is 2. The fourth-order valence-corrected chi connectivity index (χ4v) is 1.57. The molecule has 1 amide bonds. The van der Waals surface area contributed by atoms with Crippen LogP contribution in [-0.4, -0.2) is 42.9 Å². The number of hydrogen-bond acceptors (Lipinski definition) is 3. The van der Waals surface area contributed by atoms with E-state index in [1.54, 1.807) is 18.9 Å². The lowest BCUT2D eigenvalue weighted by molar-refractivity contribution is -0.144. The minimum Gasteiger partial charge on any atom is -0.348 e. The first kappa shape index (κ1) is 12.2. The van der Waals surface area contributed by atoms with Crippen molar-refractivity contribution in [3.05, 3.63) is 12.2 Å². The van der Waals surface area contributed by atoms with E-state index < -0.39 is 5.79 Å². The van der Waals surface area contributed by atoms with Crippen molar-refractivity contribution in [2.75, 3.05) is 20.2 Å². The third-order valence-electron chi connectivity index (χ3n) is 2.26. The zero-order chi connectivity index (χ0) is 11.6. The predicted octanol–water partition coefficient (Wildman–Crippen LogP) is 1.17. The summed E-state index contributed by atoms with van der Waals surface area (Å²) < 4.78 is 11.0. The van der Waals surface area contributed by atoms with Crippen LogP contribution in [0, 0.1) is 0 Å². The van der Waals surface area contributed by atoms with E-state index in [-0.39, 0.29) is 12.0 Å². The van der Waals surface area contributed by atoms with Gasteiger partial charge in [0.05, 0.1) is 6.61 Å². The number of hydrogen-bond donors (Lipinski definition) is 0. The maximum Gasteiger partial charge on any atom is 0.248 e. The molecule has 1 aliphatic rings. The van der Waals surface area contributed by atoms with Gasteiger partial charge < -0.3 is 14.4 Å². The molecule has 15 heavy (non-hydrogen) atoms. The van der Waals surface area contributed by atoms with Crippen LogP contribution in [0.25, 0.3) is 0 Å². The Morgan fingerprint density at radius 2 is 2.20 bits per heavy atom. The van der Waals surface area contributed by atoms with Gasteiger partial charge in [-0.25, -0.2) is 0 Å². The van der Waals surface area contributed by atoms with Crippen molar-refractivity contribution in [3.8, 4) is 0 Å². The molecule has 0 spiro atoms. The van der Waals surface area contributed by atoms with Crippen LogP contribution in [0.5, 0.6) is 0 Å². The zero-order valence-corrected chi connectivity index (χ0v) is 9.87. The summed E-state index contributed by atoms with van der Waals surface area (Å²) in [5.41, 5.74) is 0.538. The summed E-state index contributed by atoms with van der Waals surface area (Å²) in [7, 11) is 1.74. The molecule has 1 aliphatic heterocycles. The summed E-state index contributed by atoms with van der Waals surface area (Å²) in [6.45, 7) is 10.1. The van der Waals surface area contributed by atoms with E-state index in [1.165, 1.54) is 0 Å². The second-order valence-electron chi connectivity index (χ2n) is 4.42. The van der Waals surface area contributed by atoms with E-state index in [1.807, 2.05) is 13.8 Å². The average Bonchev–Trinajstić information content (AvgIpc) is 2.43. The molecule has 0 N–H and O–H groups in total. The van der Waals surface area contributed by atoms with E-state index in [4.69, 9.17) is 9.47 Å². The highest BCUT2D eigenvalue weighted by Crippen LogP contribution is 2.22. The summed E-state index contributed by atoms with van der Waals surface area (Å²) in [6.07, 6.45) is -0.0479. The predicted molar refractivity (Wildman–Crippen MR) is 57.4 cm³/mol. The molecule has 0 saturated carbocycles. The molecule has 0 bridgehead atoms. The van der Waals surface area contributed by atoms with Gasteiger partial charge in [0.15, 0.2) is 5.79 Å². The van der Waals surface area contributed by atoms with Gasteiger partial charge in [-0.2, -0.15) is 0 Å². The van der Waals surface area contributed by atoms with Crippen molar-refractivity contribution < 1.29 is 14.3 Å². The molecule has 0 radical (unpaired) electrons. The highest BCUT2D eigenvalue weighted by Gasteiger charge is 2.33. The molecular weight excluding hydrogens is 194 g/mol. The number of nitrogens with zero attached hydrogens (tertiary/aromatic N) is 1. The largest absolute Gasteiger partial charge is 0.348 e. The molecule has 1 rings (SSSR count). The van der Waals surface area contributed by atoms with Gasteiger partial charge in [0, 0.05) is 19.2 Å². The van der Waals surface area contributed by atoms with Crippen LogP contribution in [0.1, 0.15) is 20.8 Å². The molecule has 1 unspecified atom stereocenters. The van der Waals surface area contributed by atoms with Gasteiger partial charge in [-0.1, -0.05) is 6.58 Å². The van der Waals surface area contributed by atoms with Gasteiger partial charge in [0.2, 0.25) is 5.91 Å². The standard InChI is InChI=1S/C11H19NO3/c1-8(2)10(13)12(5)6-9-7-14-11(3,4)15-9/h9H,1,6-7H2,2-5H3. The highest BCUT2D eigenvalue weighted by molar-refractivity contribution is 5.91. The molecule has 4 heteroatoms. The van der Waals surface area contributed by atoms with Crippen molar-refractivity contribution in [2.45, 2.75) is 32.7 Å². The van der Waals surface area contributed by atoms with Gasteiger partial charge in [-0.3, -0.25) is 4.79 Å². The number of carbonyl (C=O) groups excluding carboxylic acids is 1. The molecule has 86 valence electrons. The van der Waals surface area contributed by atoms with Crippen LogP contribution in [0.15, 0.2) is 12.2 Å².